The van der Waals surface area contributed by atoms with Crippen LogP contribution >= 0.6 is 0 Å². The van der Waals surface area contributed by atoms with Crippen molar-refractivity contribution in [2.75, 3.05) is 19.6 Å². The smallest absolute Gasteiger partial charge is 0.317 e. The number of hydrogen-bond donors (Lipinski definition) is 1. The summed E-state index contributed by atoms with van der Waals surface area (Å²) in [6.07, 6.45) is 5.09. The van der Waals surface area contributed by atoms with Gasteiger partial charge in [-0.1, -0.05) is 12.8 Å². The van der Waals surface area contributed by atoms with E-state index in [0.29, 0.717) is 0 Å². The molecule has 1 N–H and O–H groups in total. The molecule has 3 nitrogen and oxygen atoms in total. The van der Waals surface area contributed by atoms with Crippen molar-refractivity contribution < 1.29 is 4.79 Å². The zero-order chi connectivity index (χ0) is 8.39. The first-order chi connectivity index (χ1) is 5.86. The molecule has 1 saturated carbocycles. The maximum absolute atomic E-state index is 11.2. The van der Waals surface area contributed by atoms with E-state index in [2.05, 4.69) is 5.32 Å². The third kappa shape index (κ3) is 1.90. The molecular formula is C9H16N2O. The van der Waals surface area contributed by atoms with Gasteiger partial charge in [-0.2, -0.15) is 0 Å². The van der Waals surface area contributed by atoms with Crippen molar-refractivity contribution >= 4 is 6.03 Å². The lowest BCUT2D eigenvalue weighted by Crippen LogP contribution is -2.46. The summed E-state index contributed by atoms with van der Waals surface area (Å²) in [6.45, 7) is 2.79. The fraction of sp³-hybridized carbons (Fsp3) is 0.889. The molecule has 3 heteroatoms. The molecule has 12 heavy (non-hydrogen) atoms. The van der Waals surface area contributed by atoms with Gasteiger partial charge in [-0.05, 0) is 18.8 Å². The zero-order valence-electron chi connectivity index (χ0n) is 7.38. The van der Waals surface area contributed by atoms with Gasteiger partial charge in [0, 0.05) is 19.6 Å². The highest BCUT2D eigenvalue weighted by molar-refractivity contribution is 5.74. The lowest BCUT2D eigenvalue weighted by molar-refractivity contribution is 0.184. The topological polar surface area (TPSA) is 32.3 Å². The summed E-state index contributed by atoms with van der Waals surface area (Å²) < 4.78 is 0. The minimum Gasteiger partial charge on any atom is -0.338 e. The quantitative estimate of drug-likeness (QED) is 0.674. The van der Waals surface area contributed by atoms with E-state index in [1.54, 1.807) is 0 Å². The Hall–Kier alpha value is -0.730. The molecule has 1 heterocycles. The molecule has 0 atom stereocenters. The Morgan fingerprint density at radius 3 is 3.00 bits per heavy atom. The number of urea groups is 1. The second-order valence-corrected chi connectivity index (χ2v) is 3.80. The van der Waals surface area contributed by atoms with Gasteiger partial charge in [0.05, 0.1) is 0 Å². The van der Waals surface area contributed by atoms with Gasteiger partial charge in [-0.3, -0.25) is 0 Å². The zero-order valence-corrected chi connectivity index (χ0v) is 7.38. The van der Waals surface area contributed by atoms with Crippen molar-refractivity contribution in [2.45, 2.75) is 25.7 Å². The number of nitrogens with one attached hydrogen (secondary N) is 1. The predicted molar refractivity (Wildman–Crippen MR) is 46.9 cm³/mol. The van der Waals surface area contributed by atoms with Crippen LogP contribution in [-0.2, 0) is 0 Å². The summed E-state index contributed by atoms with van der Waals surface area (Å²) in [7, 11) is 0. The standard InChI is InChI=1S/C9H16N2O/c12-9-10-5-1-6-11(9)7-4-8-2-3-8/h8H,1-7H2,(H,10,12). The maximum Gasteiger partial charge on any atom is 0.317 e. The Balaban J connectivity index is 1.72. The van der Waals surface area contributed by atoms with E-state index in [1.807, 2.05) is 4.90 Å². The SMILES string of the molecule is O=C1NCCCN1CCC1CC1. The number of rotatable bonds is 3. The molecule has 1 saturated heterocycles. The highest BCUT2D eigenvalue weighted by atomic mass is 16.2. The van der Waals surface area contributed by atoms with E-state index in [0.717, 1.165) is 32.0 Å². The molecule has 2 rings (SSSR count). The van der Waals surface area contributed by atoms with Crippen LogP contribution in [0.15, 0.2) is 0 Å². The molecule has 0 unspecified atom stereocenters. The Morgan fingerprint density at radius 2 is 2.33 bits per heavy atom. The summed E-state index contributed by atoms with van der Waals surface area (Å²) >= 11 is 0. The molecule has 1 aliphatic carbocycles. The molecule has 1 aliphatic heterocycles. The van der Waals surface area contributed by atoms with E-state index in [1.165, 1.54) is 19.3 Å². The largest absolute Gasteiger partial charge is 0.338 e. The number of amides is 2. The predicted octanol–water partition coefficient (Wildman–Crippen LogP) is 1.20. The third-order valence-electron chi connectivity index (χ3n) is 2.67. The minimum absolute atomic E-state index is 0.141. The highest BCUT2D eigenvalue weighted by Gasteiger charge is 2.24. The number of carbonyl (C=O) groups is 1. The van der Waals surface area contributed by atoms with Crippen LogP contribution in [0.25, 0.3) is 0 Å². The first-order valence-corrected chi connectivity index (χ1v) is 4.89. The Bertz CT molecular complexity index is 177. The summed E-state index contributed by atoms with van der Waals surface area (Å²) in [5, 5.41) is 2.86. The Kier molecular flexibility index (Phi) is 2.19. The van der Waals surface area contributed by atoms with Crippen LogP contribution in [0.1, 0.15) is 25.7 Å². The number of hydrogen-bond acceptors (Lipinski definition) is 1. The van der Waals surface area contributed by atoms with E-state index >= 15 is 0 Å². The first-order valence-electron chi connectivity index (χ1n) is 4.89. The molecule has 0 radical (unpaired) electrons. The van der Waals surface area contributed by atoms with E-state index in [-0.39, 0.29) is 6.03 Å². The van der Waals surface area contributed by atoms with Crippen molar-refractivity contribution in [2.24, 2.45) is 5.92 Å². The lowest BCUT2D eigenvalue weighted by Gasteiger charge is -2.27. The third-order valence-corrected chi connectivity index (χ3v) is 2.67. The van der Waals surface area contributed by atoms with Crippen molar-refractivity contribution in [1.82, 2.24) is 10.2 Å². The average Bonchev–Trinajstić information content (AvgIpc) is 2.86. The number of nitrogens with zero attached hydrogens (tertiary/aromatic N) is 1. The van der Waals surface area contributed by atoms with E-state index in [4.69, 9.17) is 0 Å². The number of carbonyl (C=O) groups excluding carboxylic acids is 1. The van der Waals surface area contributed by atoms with Gasteiger partial charge in [0.15, 0.2) is 0 Å². The molecule has 0 aromatic heterocycles. The van der Waals surface area contributed by atoms with Crippen molar-refractivity contribution in [3.63, 3.8) is 0 Å². The Labute approximate surface area is 73.1 Å². The maximum atomic E-state index is 11.2. The van der Waals surface area contributed by atoms with Crippen molar-refractivity contribution in [3.8, 4) is 0 Å². The summed E-state index contributed by atoms with van der Waals surface area (Å²) in [4.78, 5) is 13.2. The summed E-state index contributed by atoms with van der Waals surface area (Å²) in [5.41, 5.74) is 0. The van der Waals surface area contributed by atoms with Gasteiger partial charge < -0.3 is 10.2 Å². The van der Waals surface area contributed by atoms with Gasteiger partial charge in [0.2, 0.25) is 0 Å². The first kappa shape index (κ1) is 7.90. The molecule has 2 aliphatic rings. The fourth-order valence-corrected chi connectivity index (χ4v) is 1.64. The molecular weight excluding hydrogens is 152 g/mol. The van der Waals surface area contributed by atoms with Crippen molar-refractivity contribution in [1.29, 1.82) is 0 Å². The van der Waals surface area contributed by atoms with E-state index < -0.39 is 0 Å². The van der Waals surface area contributed by atoms with Crippen LogP contribution in [0.4, 0.5) is 4.79 Å². The molecule has 0 aromatic rings. The van der Waals surface area contributed by atoms with Gasteiger partial charge in [0.25, 0.3) is 0 Å². The van der Waals surface area contributed by atoms with Crippen LogP contribution in [0, 0.1) is 5.92 Å². The van der Waals surface area contributed by atoms with Crippen LogP contribution < -0.4 is 5.32 Å². The minimum atomic E-state index is 0.141. The van der Waals surface area contributed by atoms with Gasteiger partial charge in [-0.25, -0.2) is 4.79 Å². The van der Waals surface area contributed by atoms with Crippen LogP contribution in [0.2, 0.25) is 0 Å². The molecule has 2 amide bonds. The van der Waals surface area contributed by atoms with Gasteiger partial charge >= 0.3 is 6.03 Å². The van der Waals surface area contributed by atoms with Crippen LogP contribution in [-0.4, -0.2) is 30.6 Å². The molecule has 68 valence electrons. The molecule has 2 fully saturated rings. The molecule has 0 spiro atoms. The monoisotopic (exact) mass is 168 g/mol. The summed E-state index contributed by atoms with van der Waals surface area (Å²) in [6, 6.07) is 0.141. The fourth-order valence-electron chi connectivity index (χ4n) is 1.64. The normalized spacial score (nSPS) is 24.0. The van der Waals surface area contributed by atoms with Gasteiger partial charge in [0.1, 0.15) is 0 Å². The lowest BCUT2D eigenvalue weighted by atomic mass is 10.2. The van der Waals surface area contributed by atoms with Gasteiger partial charge in [-0.15, -0.1) is 0 Å². The van der Waals surface area contributed by atoms with E-state index in [9.17, 15) is 4.79 Å². The molecule has 0 aromatic carbocycles. The average molecular weight is 168 g/mol. The Morgan fingerprint density at radius 1 is 1.50 bits per heavy atom. The van der Waals surface area contributed by atoms with Crippen molar-refractivity contribution in [3.05, 3.63) is 0 Å². The highest BCUT2D eigenvalue weighted by Crippen LogP contribution is 2.32. The second-order valence-electron chi connectivity index (χ2n) is 3.80. The second kappa shape index (κ2) is 3.33. The molecule has 0 bridgehead atoms. The van der Waals surface area contributed by atoms with Crippen LogP contribution in [0.5, 0.6) is 0 Å². The van der Waals surface area contributed by atoms with Crippen LogP contribution in [0.3, 0.4) is 0 Å². The summed E-state index contributed by atoms with van der Waals surface area (Å²) in [5.74, 6) is 0.930.